The third kappa shape index (κ3) is 7.37. The molecule has 1 saturated carbocycles. The molecule has 47 heavy (non-hydrogen) atoms. The average Bonchev–Trinajstić information content (AvgIpc) is 3.17. The molecule has 0 unspecified atom stereocenters. The lowest BCUT2D eigenvalue weighted by Crippen LogP contribution is -2.49. The molecule has 0 saturated heterocycles. The van der Waals surface area contributed by atoms with E-state index in [1.165, 1.54) is 11.1 Å². The molecule has 4 aliphatic rings. The van der Waals surface area contributed by atoms with E-state index < -0.39 is 27.3 Å². The Bertz CT molecular complexity index is 1580. The molecule has 1 amide bonds. The maximum absolute atomic E-state index is 13.8. The topological polar surface area (TPSA) is 114 Å². The molecule has 2 N–H and O–H groups in total. The molecule has 1 spiro atoms. The number of anilines is 1. The highest BCUT2D eigenvalue weighted by Crippen LogP contribution is 2.46. The second kappa shape index (κ2) is 14.5. The summed E-state index contributed by atoms with van der Waals surface area (Å²) in [4.78, 5) is 16.0. The van der Waals surface area contributed by atoms with Crippen molar-refractivity contribution in [2.45, 2.75) is 68.6 Å². The molecule has 0 aromatic heterocycles. The molecule has 2 aromatic rings. The van der Waals surface area contributed by atoms with Crippen LogP contribution in [0.3, 0.4) is 0 Å². The Morgan fingerprint density at radius 3 is 2.79 bits per heavy atom. The molecular weight excluding hydrogens is 640 g/mol. The van der Waals surface area contributed by atoms with Crippen molar-refractivity contribution >= 4 is 33.2 Å². The number of hydrogen-bond acceptors (Lipinski definition) is 8. The minimum absolute atomic E-state index is 0.0932. The molecule has 2 heterocycles. The van der Waals surface area contributed by atoms with Crippen LogP contribution in [0.4, 0.5) is 5.69 Å². The minimum Gasteiger partial charge on any atom is -0.490 e. The van der Waals surface area contributed by atoms with Crippen molar-refractivity contribution in [3.05, 3.63) is 70.3 Å². The summed E-state index contributed by atoms with van der Waals surface area (Å²) in [6.07, 6.45) is 8.62. The fraction of sp³-hybridized carbons (Fsp3) is 0.583. The molecule has 2 aromatic carbocycles. The largest absolute Gasteiger partial charge is 0.490 e. The van der Waals surface area contributed by atoms with E-state index in [4.69, 9.17) is 25.8 Å². The number of sulfonamides is 1. The number of rotatable bonds is 6. The predicted octanol–water partition coefficient (Wildman–Crippen LogP) is 5.28. The van der Waals surface area contributed by atoms with Crippen molar-refractivity contribution in [2.75, 3.05) is 51.5 Å². The summed E-state index contributed by atoms with van der Waals surface area (Å²) in [5.41, 5.74) is 3.24. The Balaban J connectivity index is 1.35. The van der Waals surface area contributed by atoms with E-state index in [0.29, 0.717) is 45.1 Å². The fourth-order valence-electron chi connectivity index (χ4n) is 7.99. The number of aliphatic hydroxyl groups excluding tert-OH is 1. The molecule has 2 aliphatic heterocycles. The van der Waals surface area contributed by atoms with Gasteiger partial charge in [0, 0.05) is 42.8 Å². The first kappa shape index (κ1) is 34.2. The van der Waals surface area contributed by atoms with Gasteiger partial charge in [-0.3, -0.25) is 4.79 Å². The first-order valence-electron chi connectivity index (χ1n) is 16.9. The Kier molecular flexibility index (Phi) is 10.5. The van der Waals surface area contributed by atoms with Crippen LogP contribution in [0.5, 0.6) is 5.75 Å². The standard InChI is InChI=1S/C36H47ClN2O7S/c1-24-5-3-7-32(40)29-11-8-27(29)21-39-22-36(15-4-6-25-19-28(37)10-12-30(25)36)23-46-33-13-9-26(20-31(33)39)35(41)38-47(42,43)34(24)14-16-45-18-17-44-2/h3,7,9-10,12-13,19-20,24,27,29,32,34,40H,4-6,8,11,14-18,21-23H2,1-2H3,(H,38,41)/b7-3+/t24-,27+,29-,32+,34-,36+/m1/s1. The van der Waals surface area contributed by atoms with E-state index in [2.05, 4.69) is 21.8 Å². The smallest absolute Gasteiger partial charge is 0.264 e. The summed E-state index contributed by atoms with van der Waals surface area (Å²) in [5, 5.41) is 11.1. The van der Waals surface area contributed by atoms with E-state index in [9.17, 15) is 18.3 Å². The third-order valence-electron chi connectivity index (χ3n) is 10.8. The number of allylic oxidation sites excluding steroid dienone is 1. The number of benzene rings is 2. The van der Waals surface area contributed by atoms with E-state index in [-0.39, 0.29) is 41.8 Å². The third-order valence-corrected chi connectivity index (χ3v) is 13.0. The monoisotopic (exact) mass is 686 g/mol. The zero-order valence-corrected chi connectivity index (χ0v) is 28.9. The highest BCUT2D eigenvalue weighted by Gasteiger charge is 2.44. The number of aryl methyl sites for hydroxylation is 1. The van der Waals surface area contributed by atoms with Gasteiger partial charge in [0.15, 0.2) is 0 Å². The number of aliphatic hydroxyl groups is 1. The fourth-order valence-corrected chi connectivity index (χ4v) is 9.84. The first-order chi connectivity index (χ1) is 22.6. The van der Waals surface area contributed by atoms with Gasteiger partial charge in [0.05, 0.1) is 36.9 Å². The number of nitrogens with one attached hydrogen (secondary N) is 1. The van der Waals surface area contributed by atoms with Crippen LogP contribution < -0.4 is 14.4 Å². The zero-order chi connectivity index (χ0) is 33.2. The van der Waals surface area contributed by atoms with Gasteiger partial charge in [0.2, 0.25) is 10.0 Å². The first-order valence-corrected chi connectivity index (χ1v) is 18.8. The summed E-state index contributed by atoms with van der Waals surface area (Å²) in [6.45, 7) is 4.69. The summed E-state index contributed by atoms with van der Waals surface area (Å²) in [5.74, 6) is 0.0306. The molecule has 11 heteroatoms. The molecule has 0 radical (unpaired) electrons. The van der Waals surface area contributed by atoms with Crippen LogP contribution in [0.15, 0.2) is 48.6 Å². The van der Waals surface area contributed by atoms with Crippen LogP contribution in [-0.4, -0.2) is 77.4 Å². The number of carbonyl (C=O) groups is 1. The van der Waals surface area contributed by atoms with Crippen molar-refractivity contribution in [1.29, 1.82) is 0 Å². The van der Waals surface area contributed by atoms with Gasteiger partial charge in [0.25, 0.3) is 5.91 Å². The maximum Gasteiger partial charge on any atom is 0.264 e. The average molecular weight is 687 g/mol. The van der Waals surface area contributed by atoms with Gasteiger partial charge < -0.3 is 24.2 Å². The molecule has 2 bridgehead atoms. The number of amides is 1. The molecule has 256 valence electrons. The van der Waals surface area contributed by atoms with Crippen LogP contribution in [-0.2, 0) is 31.3 Å². The molecular formula is C36H47ClN2O7S. The van der Waals surface area contributed by atoms with Crippen molar-refractivity contribution in [3.63, 3.8) is 0 Å². The van der Waals surface area contributed by atoms with Crippen molar-refractivity contribution < 1.29 is 32.5 Å². The molecule has 9 nitrogen and oxygen atoms in total. The highest BCUT2D eigenvalue weighted by atomic mass is 35.5. The molecule has 1 fully saturated rings. The van der Waals surface area contributed by atoms with Gasteiger partial charge in [-0.05, 0) is 104 Å². The number of carbonyl (C=O) groups excluding carboxylic acids is 1. The quantitative estimate of drug-likeness (QED) is 0.312. The van der Waals surface area contributed by atoms with Gasteiger partial charge in [-0.1, -0.05) is 36.7 Å². The lowest BCUT2D eigenvalue weighted by Gasteiger charge is -2.45. The normalized spacial score (nSPS) is 31.0. The lowest BCUT2D eigenvalue weighted by atomic mass is 9.68. The van der Waals surface area contributed by atoms with E-state index in [0.717, 1.165) is 42.8 Å². The summed E-state index contributed by atoms with van der Waals surface area (Å²) >= 11 is 6.41. The van der Waals surface area contributed by atoms with Crippen LogP contribution in [0.1, 0.15) is 66.9 Å². The lowest BCUT2D eigenvalue weighted by molar-refractivity contribution is 0.0455. The summed E-state index contributed by atoms with van der Waals surface area (Å²) in [7, 11) is -2.50. The Labute approximate surface area is 283 Å². The highest BCUT2D eigenvalue weighted by molar-refractivity contribution is 7.90. The van der Waals surface area contributed by atoms with Gasteiger partial charge >= 0.3 is 0 Å². The molecule has 2 aliphatic carbocycles. The predicted molar refractivity (Wildman–Crippen MR) is 183 cm³/mol. The molecule has 6 rings (SSSR count). The van der Waals surface area contributed by atoms with Gasteiger partial charge in [-0.2, -0.15) is 0 Å². The Morgan fingerprint density at radius 2 is 2.00 bits per heavy atom. The SMILES string of the molecule is COCCOCC[C@@H]1[C@H](C)C/C=C/[C@H](O)[C@@H]2CC[C@H]2CN2C[C@@]3(CCCc4cc(Cl)ccc43)COc3ccc(cc32)C(=O)NS1(=O)=O. The zero-order valence-electron chi connectivity index (χ0n) is 27.3. The minimum atomic E-state index is -4.08. The van der Waals surface area contributed by atoms with E-state index >= 15 is 0 Å². The Morgan fingerprint density at radius 1 is 1.15 bits per heavy atom. The second-order valence-corrected chi connectivity index (χ2v) is 16.2. The number of methoxy groups -OCH3 is 1. The van der Waals surface area contributed by atoms with Gasteiger partial charge in [-0.15, -0.1) is 0 Å². The maximum atomic E-state index is 13.8. The molecule has 6 atom stereocenters. The van der Waals surface area contributed by atoms with Crippen molar-refractivity contribution in [1.82, 2.24) is 4.72 Å². The number of fused-ring (bicyclic) bond motifs is 4. The number of nitrogens with zero attached hydrogens (tertiary/aromatic N) is 1. The Hall–Kier alpha value is -2.63. The summed E-state index contributed by atoms with van der Waals surface area (Å²) in [6, 6.07) is 11.4. The summed E-state index contributed by atoms with van der Waals surface area (Å²) < 4.78 is 47.1. The van der Waals surface area contributed by atoms with Gasteiger partial charge in [-0.25, -0.2) is 13.1 Å². The van der Waals surface area contributed by atoms with Crippen molar-refractivity contribution in [3.8, 4) is 5.75 Å². The van der Waals surface area contributed by atoms with Crippen LogP contribution in [0.2, 0.25) is 5.02 Å². The van der Waals surface area contributed by atoms with E-state index in [1.807, 2.05) is 25.1 Å². The van der Waals surface area contributed by atoms with Crippen LogP contribution in [0, 0.1) is 17.8 Å². The van der Waals surface area contributed by atoms with Crippen LogP contribution in [0.25, 0.3) is 0 Å². The van der Waals surface area contributed by atoms with Gasteiger partial charge in [0.1, 0.15) is 5.75 Å². The number of halogens is 1. The van der Waals surface area contributed by atoms with E-state index in [1.54, 1.807) is 25.3 Å². The van der Waals surface area contributed by atoms with Crippen LogP contribution >= 0.6 is 11.6 Å². The number of hydrogen-bond donors (Lipinski definition) is 2. The number of ether oxygens (including phenoxy) is 3. The van der Waals surface area contributed by atoms with Crippen molar-refractivity contribution in [2.24, 2.45) is 17.8 Å². The second-order valence-electron chi connectivity index (χ2n) is 13.8.